The lowest BCUT2D eigenvalue weighted by atomic mass is 9.85. The van der Waals surface area contributed by atoms with Crippen LogP contribution in [0.1, 0.15) is 32.1 Å². The van der Waals surface area contributed by atoms with Gasteiger partial charge in [0.25, 0.3) is 0 Å². The molecule has 5 nitrogen and oxygen atoms in total. The summed E-state index contributed by atoms with van der Waals surface area (Å²) in [5.74, 6) is 2.00. The van der Waals surface area contributed by atoms with E-state index >= 15 is 0 Å². The van der Waals surface area contributed by atoms with Crippen molar-refractivity contribution in [1.29, 1.82) is 0 Å². The van der Waals surface area contributed by atoms with Crippen LogP contribution in [0.5, 0.6) is 5.75 Å². The third-order valence-corrected chi connectivity index (χ3v) is 4.27. The first-order valence-electron chi connectivity index (χ1n) is 6.88. The number of aromatic nitrogens is 2. The molecule has 106 valence electrons. The van der Waals surface area contributed by atoms with Crippen molar-refractivity contribution in [3.63, 3.8) is 0 Å². The Bertz CT molecular complexity index is 611. The van der Waals surface area contributed by atoms with Crippen molar-refractivity contribution < 1.29 is 9.26 Å². The van der Waals surface area contributed by atoms with Crippen LogP contribution in [0.2, 0.25) is 0 Å². The molecular weight excluding hydrogens is 254 g/mol. The maximum atomic E-state index is 6.19. The van der Waals surface area contributed by atoms with Crippen molar-refractivity contribution in [2.75, 3.05) is 7.11 Å². The van der Waals surface area contributed by atoms with Crippen LogP contribution in [-0.4, -0.2) is 23.3 Å². The molecule has 1 heterocycles. The highest BCUT2D eigenvalue weighted by atomic mass is 16.5. The number of benzene rings is 1. The Kier molecular flexibility index (Phi) is 3.22. The van der Waals surface area contributed by atoms with Crippen LogP contribution < -0.4 is 10.5 Å². The van der Waals surface area contributed by atoms with Gasteiger partial charge in [-0.2, -0.15) is 4.98 Å². The van der Waals surface area contributed by atoms with Crippen LogP contribution >= 0.6 is 0 Å². The summed E-state index contributed by atoms with van der Waals surface area (Å²) < 4.78 is 10.7. The lowest BCUT2D eigenvalue weighted by Gasteiger charge is -2.23. The molecule has 0 aliphatic heterocycles. The molecular formula is C15H19N3O2. The lowest BCUT2D eigenvalue weighted by molar-refractivity contribution is 0.278. The molecule has 1 fully saturated rings. The van der Waals surface area contributed by atoms with E-state index in [0.717, 1.165) is 30.6 Å². The number of rotatable bonds is 3. The van der Waals surface area contributed by atoms with Gasteiger partial charge in [0.15, 0.2) is 0 Å². The van der Waals surface area contributed by atoms with E-state index in [1.807, 2.05) is 24.3 Å². The van der Waals surface area contributed by atoms with Gasteiger partial charge in [0.05, 0.1) is 12.5 Å². The summed E-state index contributed by atoms with van der Waals surface area (Å²) in [6.45, 7) is 2.10. The van der Waals surface area contributed by atoms with Crippen molar-refractivity contribution >= 4 is 0 Å². The second-order valence-corrected chi connectivity index (χ2v) is 5.57. The average molecular weight is 273 g/mol. The summed E-state index contributed by atoms with van der Waals surface area (Å²) in [6.07, 6.45) is 3.11. The van der Waals surface area contributed by atoms with Crippen molar-refractivity contribution in [3.05, 3.63) is 30.2 Å². The minimum absolute atomic E-state index is 0.0844. The highest BCUT2D eigenvalue weighted by molar-refractivity contribution is 5.57. The molecule has 3 rings (SSSR count). The van der Waals surface area contributed by atoms with E-state index in [1.165, 1.54) is 0 Å². The highest BCUT2D eigenvalue weighted by Gasteiger charge is 2.42. The third kappa shape index (κ3) is 2.08. The van der Waals surface area contributed by atoms with Gasteiger partial charge < -0.3 is 15.0 Å². The fraction of sp³-hybridized carbons (Fsp3) is 0.467. The molecule has 0 radical (unpaired) electrons. The molecule has 0 saturated heterocycles. The van der Waals surface area contributed by atoms with Gasteiger partial charge in [0, 0.05) is 11.6 Å². The standard InChI is InChI=1S/C15H19N3O2/c1-15(8-4-7-12(15)16)14-17-13(18-20-14)10-5-3-6-11(9-10)19-2/h3,5-6,9,12H,4,7-8,16H2,1-2H3. The van der Waals surface area contributed by atoms with Crippen molar-refractivity contribution in [2.24, 2.45) is 5.73 Å². The molecule has 5 heteroatoms. The summed E-state index contributed by atoms with van der Waals surface area (Å²) in [5.41, 5.74) is 6.87. The first-order chi connectivity index (χ1) is 9.63. The zero-order valence-electron chi connectivity index (χ0n) is 11.8. The molecule has 1 aromatic carbocycles. The molecule has 0 amide bonds. The zero-order chi connectivity index (χ0) is 14.2. The third-order valence-electron chi connectivity index (χ3n) is 4.27. The summed E-state index contributed by atoms with van der Waals surface area (Å²) in [5, 5.41) is 4.09. The number of methoxy groups -OCH3 is 1. The Hall–Kier alpha value is -1.88. The number of nitrogens with two attached hydrogens (primary N) is 1. The minimum Gasteiger partial charge on any atom is -0.497 e. The van der Waals surface area contributed by atoms with E-state index in [9.17, 15) is 0 Å². The second-order valence-electron chi connectivity index (χ2n) is 5.57. The Morgan fingerprint density at radius 1 is 1.45 bits per heavy atom. The largest absolute Gasteiger partial charge is 0.497 e. The van der Waals surface area contributed by atoms with Crippen LogP contribution in [0.25, 0.3) is 11.4 Å². The Morgan fingerprint density at radius 3 is 3.00 bits per heavy atom. The van der Waals surface area contributed by atoms with Gasteiger partial charge in [-0.05, 0) is 31.9 Å². The molecule has 1 aliphatic carbocycles. The van der Waals surface area contributed by atoms with Gasteiger partial charge in [-0.15, -0.1) is 0 Å². The quantitative estimate of drug-likeness (QED) is 0.930. The molecule has 1 saturated carbocycles. The topological polar surface area (TPSA) is 74.2 Å². The number of nitrogens with zero attached hydrogens (tertiary/aromatic N) is 2. The second kappa shape index (κ2) is 4.90. The molecule has 0 bridgehead atoms. The smallest absolute Gasteiger partial charge is 0.234 e. The average Bonchev–Trinajstić information content (AvgIpc) is 3.08. The first-order valence-corrected chi connectivity index (χ1v) is 6.88. The van der Waals surface area contributed by atoms with Gasteiger partial charge in [-0.1, -0.05) is 23.7 Å². The van der Waals surface area contributed by atoms with Crippen LogP contribution in [0.4, 0.5) is 0 Å². The predicted molar refractivity (Wildman–Crippen MR) is 75.5 cm³/mol. The molecule has 1 aromatic heterocycles. The molecule has 20 heavy (non-hydrogen) atoms. The number of hydrogen-bond acceptors (Lipinski definition) is 5. The van der Waals surface area contributed by atoms with Gasteiger partial charge in [0.2, 0.25) is 11.7 Å². The summed E-state index contributed by atoms with van der Waals surface area (Å²) in [6, 6.07) is 7.71. The molecule has 2 N–H and O–H groups in total. The van der Waals surface area contributed by atoms with E-state index in [4.69, 9.17) is 15.0 Å². The molecule has 1 aliphatic rings. The maximum absolute atomic E-state index is 6.19. The van der Waals surface area contributed by atoms with Crippen molar-refractivity contribution in [1.82, 2.24) is 10.1 Å². The predicted octanol–water partition coefficient (Wildman–Crippen LogP) is 2.51. The minimum atomic E-state index is -0.204. The normalized spacial score (nSPS) is 25.9. The van der Waals surface area contributed by atoms with Crippen LogP contribution in [0.15, 0.2) is 28.8 Å². The zero-order valence-corrected chi connectivity index (χ0v) is 11.8. The Balaban J connectivity index is 1.94. The van der Waals surface area contributed by atoms with Crippen LogP contribution in [-0.2, 0) is 5.41 Å². The summed E-state index contributed by atoms with van der Waals surface area (Å²) in [7, 11) is 1.64. The van der Waals surface area contributed by atoms with E-state index in [0.29, 0.717) is 11.7 Å². The van der Waals surface area contributed by atoms with Crippen molar-refractivity contribution in [3.8, 4) is 17.1 Å². The lowest BCUT2D eigenvalue weighted by Crippen LogP contribution is -2.38. The van der Waals surface area contributed by atoms with E-state index in [1.54, 1.807) is 7.11 Å². The van der Waals surface area contributed by atoms with Gasteiger partial charge in [-0.3, -0.25) is 0 Å². The Morgan fingerprint density at radius 2 is 2.30 bits per heavy atom. The Labute approximate surface area is 118 Å². The van der Waals surface area contributed by atoms with E-state index in [-0.39, 0.29) is 11.5 Å². The maximum Gasteiger partial charge on any atom is 0.234 e. The van der Waals surface area contributed by atoms with Gasteiger partial charge in [-0.25, -0.2) is 0 Å². The molecule has 2 atom stereocenters. The van der Waals surface area contributed by atoms with Gasteiger partial charge >= 0.3 is 0 Å². The number of ether oxygens (including phenoxy) is 1. The molecule has 2 unspecified atom stereocenters. The van der Waals surface area contributed by atoms with E-state index < -0.39 is 0 Å². The first kappa shape index (κ1) is 13.1. The molecule has 0 spiro atoms. The number of hydrogen-bond donors (Lipinski definition) is 1. The fourth-order valence-corrected chi connectivity index (χ4v) is 2.79. The van der Waals surface area contributed by atoms with Crippen LogP contribution in [0.3, 0.4) is 0 Å². The van der Waals surface area contributed by atoms with Gasteiger partial charge in [0.1, 0.15) is 5.75 Å². The monoisotopic (exact) mass is 273 g/mol. The fourth-order valence-electron chi connectivity index (χ4n) is 2.79. The van der Waals surface area contributed by atoms with E-state index in [2.05, 4.69) is 17.1 Å². The summed E-state index contributed by atoms with van der Waals surface area (Å²) in [4.78, 5) is 4.55. The SMILES string of the molecule is COc1cccc(-c2noc(C3(C)CCCC3N)n2)c1. The van der Waals surface area contributed by atoms with Crippen molar-refractivity contribution in [2.45, 2.75) is 37.6 Å². The summed E-state index contributed by atoms with van der Waals surface area (Å²) >= 11 is 0. The van der Waals surface area contributed by atoms with Crippen LogP contribution in [0, 0.1) is 0 Å². The molecule has 2 aromatic rings. The highest BCUT2D eigenvalue weighted by Crippen LogP contribution is 2.39.